The molecule has 0 bridgehead atoms. The minimum absolute atomic E-state index is 0.0290. The van der Waals surface area contributed by atoms with Gasteiger partial charge in [0, 0.05) is 18.2 Å². The molecule has 1 aliphatic rings. The Kier molecular flexibility index (Phi) is 3.45. The molecule has 4 nitrogen and oxygen atoms in total. The molecular weight excluding hydrogens is 242 g/mol. The predicted octanol–water partition coefficient (Wildman–Crippen LogP) is 3.47. The normalized spacial score (nSPS) is 17.1. The molecule has 0 amide bonds. The van der Waals surface area contributed by atoms with Gasteiger partial charge in [0.15, 0.2) is 0 Å². The summed E-state index contributed by atoms with van der Waals surface area (Å²) in [7, 11) is 0. The molecule has 1 atom stereocenters. The first-order valence-electron chi connectivity index (χ1n) is 5.89. The van der Waals surface area contributed by atoms with E-state index >= 15 is 0 Å². The van der Waals surface area contributed by atoms with Gasteiger partial charge in [-0.2, -0.15) is 4.39 Å². The number of nitrogens with zero attached hydrogens (tertiary/aromatic N) is 1. The van der Waals surface area contributed by atoms with Crippen LogP contribution in [0.4, 0.5) is 20.2 Å². The molecule has 1 fully saturated rings. The van der Waals surface area contributed by atoms with Gasteiger partial charge in [0.25, 0.3) is 0 Å². The Labute approximate surface area is 103 Å². The van der Waals surface area contributed by atoms with Crippen molar-refractivity contribution in [2.45, 2.75) is 32.2 Å². The summed E-state index contributed by atoms with van der Waals surface area (Å²) in [6, 6.07) is 1.46. The summed E-state index contributed by atoms with van der Waals surface area (Å²) in [5.41, 5.74) is -0.778. The summed E-state index contributed by atoms with van der Waals surface area (Å²) in [4.78, 5) is 9.96. The maximum absolute atomic E-state index is 13.4. The third-order valence-electron chi connectivity index (χ3n) is 3.45. The molecule has 98 valence electrons. The molecule has 18 heavy (non-hydrogen) atoms. The molecule has 0 saturated heterocycles. The Balaban J connectivity index is 2.27. The zero-order valence-corrected chi connectivity index (χ0v) is 9.95. The van der Waals surface area contributed by atoms with Gasteiger partial charge in [-0.1, -0.05) is 6.42 Å². The third-order valence-corrected chi connectivity index (χ3v) is 3.45. The Morgan fingerprint density at radius 3 is 2.61 bits per heavy atom. The lowest BCUT2D eigenvalue weighted by Crippen LogP contribution is -2.31. The minimum atomic E-state index is -1.15. The molecule has 1 unspecified atom stereocenters. The van der Waals surface area contributed by atoms with Crippen molar-refractivity contribution in [3.63, 3.8) is 0 Å². The number of nitrogens with one attached hydrogen (secondary N) is 1. The maximum Gasteiger partial charge on any atom is 0.327 e. The Hall–Kier alpha value is -1.72. The van der Waals surface area contributed by atoms with E-state index in [2.05, 4.69) is 5.32 Å². The van der Waals surface area contributed by atoms with Crippen LogP contribution in [0, 0.1) is 27.7 Å². The van der Waals surface area contributed by atoms with Crippen molar-refractivity contribution in [1.82, 2.24) is 0 Å². The molecule has 1 aromatic rings. The van der Waals surface area contributed by atoms with E-state index in [4.69, 9.17) is 0 Å². The van der Waals surface area contributed by atoms with E-state index in [9.17, 15) is 18.9 Å². The first kappa shape index (κ1) is 12.7. The lowest BCUT2D eigenvalue weighted by atomic mass is 9.80. The fourth-order valence-electron chi connectivity index (χ4n) is 2.16. The lowest BCUT2D eigenvalue weighted by molar-refractivity contribution is -0.386. The second kappa shape index (κ2) is 4.88. The van der Waals surface area contributed by atoms with Gasteiger partial charge in [-0.15, -0.1) is 0 Å². The van der Waals surface area contributed by atoms with Crippen molar-refractivity contribution < 1.29 is 13.7 Å². The molecule has 1 N–H and O–H groups in total. The van der Waals surface area contributed by atoms with Crippen LogP contribution in [0.1, 0.15) is 26.2 Å². The molecule has 6 heteroatoms. The van der Waals surface area contributed by atoms with Crippen LogP contribution in [-0.2, 0) is 0 Å². The monoisotopic (exact) mass is 256 g/mol. The molecule has 1 saturated carbocycles. The average molecular weight is 256 g/mol. The molecule has 2 rings (SSSR count). The fourth-order valence-corrected chi connectivity index (χ4v) is 2.16. The number of rotatable bonds is 4. The summed E-state index contributed by atoms with van der Waals surface area (Å²) in [6.07, 6.45) is 3.22. The highest BCUT2D eigenvalue weighted by atomic mass is 19.1. The van der Waals surface area contributed by atoms with Gasteiger partial charge in [-0.3, -0.25) is 10.1 Å². The smallest absolute Gasteiger partial charge is 0.327 e. The summed E-state index contributed by atoms with van der Waals surface area (Å²) in [5.74, 6) is -1.55. The SMILES string of the molecule is CC(Nc1cc(F)cc(F)c1[N+](=O)[O-])C1CCC1. The molecule has 0 heterocycles. The second-order valence-corrected chi connectivity index (χ2v) is 4.66. The highest BCUT2D eigenvalue weighted by molar-refractivity contribution is 5.62. The third kappa shape index (κ3) is 2.42. The van der Waals surface area contributed by atoms with Crippen LogP contribution in [-0.4, -0.2) is 11.0 Å². The summed E-state index contributed by atoms with van der Waals surface area (Å²) in [5, 5.41) is 13.6. The number of nitro groups is 1. The van der Waals surface area contributed by atoms with Crippen LogP contribution in [0.3, 0.4) is 0 Å². The number of nitro benzene ring substituents is 1. The predicted molar refractivity (Wildman–Crippen MR) is 63.4 cm³/mol. The molecular formula is C12H14F2N2O2. The van der Waals surface area contributed by atoms with Crippen molar-refractivity contribution in [3.05, 3.63) is 33.9 Å². The molecule has 0 spiro atoms. The van der Waals surface area contributed by atoms with Crippen molar-refractivity contribution in [2.75, 3.05) is 5.32 Å². The molecule has 0 radical (unpaired) electrons. The largest absolute Gasteiger partial charge is 0.377 e. The highest BCUT2D eigenvalue weighted by Gasteiger charge is 2.28. The van der Waals surface area contributed by atoms with Crippen LogP contribution in [0.5, 0.6) is 0 Å². The van der Waals surface area contributed by atoms with Crippen molar-refractivity contribution in [1.29, 1.82) is 0 Å². The van der Waals surface area contributed by atoms with Gasteiger partial charge in [0.1, 0.15) is 11.5 Å². The number of anilines is 1. The number of hydrogen-bond donors (Lipinski definition) is 1. The van der Waals surface area contributed by atoms with E-state index in [1.165, 1.54) is 0 Å². The van der Waals surface area contributed by atoms with Crippen LogP contribution >= 0.6 is 0 Å². The number of halogens is 2. The van der Waals surface area contributed by atoms with Crippen molar-refractivity contribution in [3.8, 4) is 0 Å². The molecule has 0 aromatic heterocycles. The fraction of sp³-hybridized carbons (Fsp3) is 0.500. The zero-order valence-electron chi connectivity index (χ0n) is 9.95. The van der Waals surface area contributed by atoms with Crippen molar-refractivity contribution in [2.24, 2.45) is 5.92 Å². The highest BCUT2D eigenvalue weighted by Crippen LogP contribution is 2.34. The van der Waals surface area contributed by atoms with E-state index in [1.807, 2.05) is 6.92 Å². The van der Waals surface area contributed by atoms with E-state index in [0.717, 1.165) is 25.3 Å². The van der Waals surface area contributed by atoms with E-state index in [1.54, 1.807) is 0 Å². The average Bonchev–Trinajstić information content (AvgIpc) is 2.11. The van der Waals surface area contributed by atoms with E-state index in [-0.39, 0.29) is 11.7 Å². The first-order chi connectivity index (χ1) is 8.49. The van der Waals surface area contributed by atoms with Gasteiger partial charge >= 0.3 is 5.69 Å². The molecule has 1 aromatic carbocycles. The summed E-state index contributed by atoms with van der Waals surface area (Å²) in [6.45, 7) is 1.87. The topological polar surface area (TPSA) is 55.2 Å². The Morgan fingerprint density at radius 1 is 1.44 bits per heavy atom. The van der Waals surface area contributed by atoms with Crippen LogP contribution in [0.15, 0.2) is 12.1 Å². The summed E-state index contributed by atoms with van der Waals surface area (Å²) < 4.78 is 26.5. The van der Waals surface area contributed by atoms with Gasteiger partial charge in [0.2, 0.25) is 5.82 Å². The van der Waals surface area contributed by atoms with Crippen LogP contribution in [0.25, 0.3) is 0 Å². The molecule has 1 aliphatic carbocycles. The van der Waals surface area contributed by atoms with E-state index in [0.29, 0.717) is 12.0 Å². The number of benzene rings is 1. The lowest BCUT2D eigenvalue weighted by Gasteiger charge is -2.32. The zero-order chi connectivity index (χ0) is 13.3. The van der Waals surface area contributed by atoms with Gasteiger partial charge < -0.3 is 5.32 Å². The Morgan fingerprint density at radius 2 is 2.11 bits per heavy atom. The van der Waals surface area contributed by atoms with Gasteiger partial charge in [-0.05, 0) is 25.7 Å². The maximum atomic E-state index is 13.4. The Bertz CT molecular complexity index is 475. The quantitative estimate of drug-likeness (QED) is 0.662. The first-order valence-corrected chi connectivity index (χ1v) is 5.89. The van der Waals surface area contributed by atoms with E-state index < -0.39 is 22.2 Å². The second-order valence-electron chi connectivity index (χ2n) is 4.66. The van der Waals surface area contributed by atoms with Crippen LogP contribution < -0.4 is 5.32 Å². The number of hydrogen-bond acceptors (Lipinski definition) is 3. The van der Waals surface area contributed by atoms with Crippen LogP contribution in [0.2, 0.25) is 0 Å². The minimum Gasteiger partial charge on any atom is -0.377 e. The summed E-state index contributed by atoms with van der Waals surface area (Å²) >= 11 is 0. The van der Waals surface area contributed by atoms with Gasteiger partial charge in [0.05, 0.1) is 4.92 Å². The van der Waals surface area contributed by atoms with Crippen molar-refractivity contribution >= 4 is 11.4 Å². The standard InChI is InChI=1S/C12H14F2N2O2/c1-7(8-3-2-4-8)15-11-6-9(13)5-10(14)12(11)16(17)18/h5-8,15H,2-4H2,1H3. The molecule has 0 aliphatic heterocycles. The van der Waals surface area contributed by atoms with Gasteiger partial charge in [-0.25, -0.2) is 4.39 Å².